The zero-order valence-electron chi connectivity index (χ0n) is 13.5. The second-order valence-corrected chi connectivity index (χ2v) is 7.12. The standard InChI is InChI=1S/C15H15F3N4OS/c1-8-5-10(15(16,17)18)9(6-19)12(20-8)24-7-11-21-13(22-23-11)14(2,3)4/h5H,7H2,1-4H3. The number of aryl methyl sites for hydroxylation is 1. The first kappa shape index (κ1) is 18.3. The number of halogens is 3. The Kier molecular flexibility index (Phi) is 4.90. The number of thioether (sulfide) groups is 1. The Morgan fingerprint density at radius 2 is 1.92 bits per heavy atom. The number of hydrogen-bond donors (Lipinski definition) is 0. The van der Waals surface area contributed by atoms with Gasteiger partial charge in [0.15, 0.2) is 5.82 Å². The van der Waals surface area contributed by atoms with Crippen LogP contribution >= 0.6 is 11.8 Å². The summed E-state index contributed by atoms with van der Waals surface area (Å²) in [6.07, 6.45) is -4.61. The molecule has 0 aliphatic carbocycles. The summed E-state index contributed by atoms with van der Waals surface area (Å²) in [6, 6.07) is 2.46. The van der Waals surface area contributed by atoms with E-state index in [1.54, 1.807) is 6.07 Å². The Hall–Kier alpha value is -2.08. The van der Waals surface area contributed by atoms with Gasteiger partial charge in [0.2, 0.25) is 5.89 Å². The van der Waals surface area contributed by atoms with Gasteiger partial charge in [-0.15, -0.1) is 0 Å². The molecule has 5 nitrogen and oxygen atoms in total. The maximum absolute atomic E-state index is 13.1. The van der Waals surface area contributed by atoms with Crippen LogP contribution in [0.4, 0.5) is 13.2 Å². The van der Waals surface area contributed by atoms with E-state index in [9.17, 15) is 13.2 Å². The fourth-order valence-electron chi connectivity index (χ4n) is 1.83. The fraction of sp³-hybridized carbons (Fsp3) is 0.467. The molecule has 0 spiro atoms. The van der Waals surface area contributed by atoms with Crippen LogP contribution < -0.4 is 0 Å². The third kappa shape index (κ3) is 4.06. The van der Waals surface area contributed by atoms with E-state index in [4.69, 9.17) is 9.78 Å². The molecule has 0 fully saturated rings. The molecule has 2 aromatic heterocycles. The van der Waals surface area contributed by atoms with Crippen LogP contribution in [0.5, 0.6) is 0 Å². The minimum Gasteiger partial charge on any atom is -0.338 e. The summed E-state index contributed by atoms with van der Waals surface area (Å²) in [5, 5.41) is 13.0. The molecule has 2 heterocycles. The molecule has 2 rings (SSSR count). The number of nitriles is 1. The minimum atomic E-state index is -4.61. The van der Waals surface area contributed by atoms with E-state index in [0.717, 1.165) is 17.8 Å². The van der Waals surface area contributed by atoms with Crippen molar-refractivity contribution in [1.29, 1.82) is 5.26 Å². The Morgan fingerprint density at radius 1 is 1.25 bits per heavy atom. The van der Waals surface area contributed by atoms with Crippen LogP contribution in [0.1, 0.15) is 49.3 Å². The van der Waals surface area contributed by atoms with Crippen LogP contribution in [0.15, 0.2) is 15.6 Å². The minimum absolute atomic E-state index is 0.000309. The summed E-state index contributed by atoms with van der Waals surface area (Å²) in [4.78, 5) is 8.25. The predicted molar refractivity (Wildman–Crippen MR) is 81.3 cm³/mol. The lowest BCUT2D eigenvalue weighted by Gasteiger charge is -2.12. The van der Waals surface area contributed by atoms with Gasteiger partial charge in [0.1, 0.15) is 11.1 Å². The zero-order chi connectivity index (χ0) is 18.1. The highest BCUT2D eigenvalue weighted by Crippen LogP contribution is 2.36. The Morgan fingerprint density at radius 3 is 2.42 bits per heavy atom. The van der Waals surface area contributed by atoms with E-state index in [2.05, 4.69) is 15.1 Å². The van der Waals surface area contributed by atoms with E-state index >= 15 is 0 Å². The molecule has 0 amide bonds. The lowest BCUT2D eigenvalue weighted by molar-refractivity contribution is -0.138. The van der Waals surface area contributed by atoms with Gasteiger partial charge >= 0.3 is 6.18 Å². The van der Waals surface area contributed by atoms with Crippen molar-refractivity contribution in [3.63, 3.8) is 0 Å². The van der Waals surface area contributed by atoms with Gasteiger partial charge < -0.3 is 4.52 Å². The number of nitrogens with zero attached hydrogens (tertiary/aromatic N) is 4. The first-order chi connectivity index (χ1) is 11.0. The number of alkyl halides is 3. The SMILES string of the molecule is Cc1cc(C(F)(F)F)c(C#N)c(SCc2nc(C(C)(C)C)no2)n1. The monoisotopic (exact) mass is 356 g/mol. The van der Waals surface area contributed by atoms with Crippen molar-refractivity contribution in [2.24, 2.45) is 0 Å². The molecule has 24 heavy (non-hydrogen) atoms. The van der Waals surface area contributed by atoms with E-state index in [0.29, 0.717) is 5.82 Å². The Balaban J connectivity index is 2.29. The molecule has 0 N–H and O–H groups in total. The molecule has 0 aliphatic rings. The van der Waals surface area contributed by atoms with E-state index < -0.39 is 17.3 Å². The van der Waals surface area contributed by atoms with Gasteiger partial charge in [0.25, 0.3) is 0 Å². The quantitative estimate of drug-likeness (QED) is 0.765. The van der Waals surface area contributed by atoms with Crippen molar-refractivity contribution in [2.45, 2.75) is 50.1 Å². The van der Waals surface area contributed by atoms with Crippen LogP contribution in [-0.4, -0.2) is 15.1 Å². The highest BCUT2D eigenvalue weighted by Gasteiger charge is 2.35. The molecule has 0 aliphatic heterocycles. The van der Waals surface area contributed by atoms with Crippen molar-refractivity contribution in [1.82, 2.24) is 15.1 Å². The third-order valence-corrected chi connectivity index (χ3v) is 3.96. The van der Waals surface area contributed by atoms with Gasteiger partial charge in [-0.05, 0) is 13.0 Å². The van der Waals surface area contributed by atoms with Crippen molar-refractivity contribution in [3.05, 3.63) is 34.6 Å². The van der Waals surface area contributed by atoms with Crippen LogP contribution in [-0.2, 0) is 17.3 Å². The fourth-order valence-corrected chi connectivity index (χ4v) is 2.71. The van der Waals surface area contributed by atoms with Crippen molar-refractivity contribution in [3.8, 4) is 6.07 Å². The van der Waals surface area contributed by atoms with Gasteiger partial charge in [0, 0.05) is 11.1 Å². The summed E-state index contributed by atoms with van der Waals surface area (Å²) in [6.45, 7) is 7.20. The third-order valence-electron chi connectivity index (χ3n) is 3.00. The summed E-state index contributed by atoms with van der Waals surface area (Å²) >= 11 is 0.963. The summed E-state index contributed by atoms with van der Waals surface area (Å²) in [5.74, 6) is 0.906. The molecular formula is C15H15F3N4OS. The molecule has 128 valence electrons. The molecule has 9 heteroatoms. The normalized spacial score (nSPS) is 12.2. The average Bonchev–Trinajstić information content (AvgIpc) is 2.92. The molecule has 0 bridgehead atoms. The van der Waals surface area contributed by atoms with Crippen molar-refractivity contribution in [2.75, 3.05) is 0 Å². The second kappa shape index (κ2) is 6.43. The number of hydrogen-bond acceptors (Lipinski definition) is 6. The Bertz CT molecular complexity index is 787. The van der Waals surface area contributed by atoms with Crippen LogP contribution in [0, 0.1) is 18.3 Å². The van der Waals surface area contributed by atoms with E-state index in [-0.39, 0.29) is 27.8 Å². The van der Waals surface area contributed by atoms with Gasteiger partial charge in [0.05, 0.1) is 16.9 Å². The topological polar surface area (TPSA) is 75.6 Å². The molecular weight excluding hydrogens is 341 g/mol. The highest BCUT2D eigenvalue weighted by molar-refractivity contribution is 7.98. The van der Waals surface area contributed by atoms with Gasteiger partial charge in [-0.3, -0.25) is 0 Å². The lowest BCUT2D eigenvalue weighted by Crippen LogP contribution is -2.13. The van der Waals surface area contributed by atoms with Gasteiger partial charge in [-0.1, -0.05) is 37.7 Å². The first-order valence-electron chi connectivity index (χ1n) is 6.97. The Labute approximate surface area is 141 Å². The van der Waals surface area contributed by atoms with E-state index in [1.165, 1.54) is 6.92 Å². The molecule has 0 saturated heterocycles. The molecule has 0 unspecified atom stereocenters. The molecule has 0 atom stereocenters. The molecule has 0 radical (unpaired) electrons. The largest absolute Gasteiger partial charge is 0.417 e. The van der Waals surface area contributed by atoms with Crippen LogP contribution in [0.2, 0.25) is 0 Å². The average molecular weight is 356 g/mol. The zero-order valence-corrected chi connectivity index (χ0v) is 14.3. The molecule has 0 aromatic carbocycles. The summed E-state index contributed by atoms with van der Waals surface area (Å²) in [5.41, 5.74) is -1.59. The summed E-state index contributed by atoms with van der Waals surface area (Å²) in [7, 11) is 0. The predicted octanol–water partition coefficient (Wildman–Crippen LogP) is 4.25. The van der Waals surface area contributed by atoms with E-state index in [1.807, 2.05) is 20.8 Å². The highest BCUT2D eigenvalue weighted by atomic mass is 32.2. The number of rotatable bonds is 3. The maximum Gasteiger partial charge on any atom is 0.417 e. The smallest absolute Gasteiger partial charge is 0.338 e. The number of pyridine rings is 1. The second-order valence-electron chi connectivity index (χ2n) is 6.15. The van der Waals surface area contributed by atoms with Crippen molar-refractivity contribution < 1.29 is 17.7 Å². The molecule has 2 aromatic rings. The first-order valence-corrected chi connectivity index (χ1v) is 7.95. The van der Waals surface area contributed by atoms with Crippen LogP contribution in [0.25, 0.3) is 0 Å². The molecule has 0 saturated carbocycles. The van der Waals surface area contributed by atoms with Crippen molar-refractivity contribution >= 4 is 11.8 Å². The number of aromatic nitrogens is 3. The summed E-state index contributed by atoms with van der Waals surface area (Å²) < 4.78 is 44.3. The van der Waals surface area contributed by atoms with Crippen LogP contribution in [0.3, 0.4) is 0 Å². The lowest BCUT2D eigenvalue weighted by atomic mass is 9.96. The van der Waals surface area contributed by atoms with Gasteiger partial charge in [-0.2, -0.15) is 23.4 Å². The maximum atomic E-state index is 13.1. The van der Waals surface area contributed by atoms with Gasteiger partial charge in [-0.25, -0.2) is 4.98 Å².